The highest BCUT2D eigenvalue weighted by Gasteiger charge is 1.99. The number of ether oxygens (including phenoxy) is 1. The van der Waals surface area contributed by atoms with Gasteiger partial charge in [-0.3, -0.25) is 0 Å². The van der Waals surface area contributed by atoms with Crippen molar-refractivity contribution in [2.24, 2.45) is 0 Å². The van der Waals surface area contributed by atoms with Crippen LogP contribution in [0.5, 0.6) is 0 Å². The van der Waals surface area contributed by atoms with Crippen molar-refractivity contribution in [1.82, 2.24) is 0 Å². The first-order valence-corrected chi connectivity index (χ1v) is 8.41. The molecule has 95 valence electrons. The molecule has 0 bridgehead atoms. The summed E-state index contributed by atoms with van der Waals surface area (Å²) in [5.74, 6) is 0. The van der Waals surface area contributed by atoms with E-state index in [4.69, 9.17) is 9.16 Å². The van der Waals surface area contributed by atoms with E-state index >= 15 is 0 Å². The van der Waals surface area contributed by atoms with Gasteiger partial charge in [0.1, 0.15) is 0 Å². The molecule has 0 aliphatic rings. The standard InChI is InChI=1S/C13H27O2Si/c1-4-5-6-7-8-9-10-13-16(3)15-12-11-14-2/h10,13H,4-9,11-12H2,1-3H3/b13-10+. The Bertz CT molecular complexity index is 160. The van der Waals surface area contributed by atoms with Crippen LogP contribution in [0, 0.1) is 0 Å². The first-order chi connectivity index (χ1) is 7.81. The molecule has 0 aromatic heterocycles. The molecule has 0 heterocycles. The van der Waals surface area contributed by atoms with Gasteiger partial charge in [0.25, 0.3) is 0 Å². The van der Waals surface area contributed by atoms with Crippen molar-refractivity contribution in [3.8, 4) is 0 Å². The molecule has 0 aliphatic heterocycles. The molecular weight excluding hydrogens is 216 g/mol. The second-order valence-electron chi connectivity index (χ2n) is 4.06. The highest BCUT2D eigenvalue weighted by molar-refractivity contribution is 6.56. The van der Waals surface area contributed by atoms with E-state index in [-0.39, 0.29) is 0 Å². The third-order valence-corrected chi connectivity index (χ3v) is 3.81. The Labute approximate surface area is 103 Å². The molecule has 0 fully saturated rings. The molecule has 0 saturated carbocycles. The molecule has 0 aromatic rings. The van der Waals surface area contributed by atoms with Gasteiger partial charge in [0, 0.05) is 7.11 Å². The summed E-state index contributed by atoms with van der Waals surface area (Å²) in [7, 11) is 0.986. The van der Waals surface area contributed by atoms with Gasteiger partial charge in [-0.15, -0.1) is 0 Å². The fraction of sp³-hybridized carbons (Fsp3) is 0.846. The molecule has 2 nitrogen and oxygen atoms in total. The maximum Gasteiger partial charge on any atom is 0.235 e. The van der Waals surface area contributed by atoms with Crippen molar-refractivity contribution >= 4 is 9.04 Å². The van der Waals surface area contributed by atoms with Crippen molar-refractivity contribution < 1.29 is 9.16 Å². The first kappa shape index (κ1) is 15.9. The zero-order valence-corrected chi connectivity index (χ0v) is 12.1. The highest BCUT2D eigenvalue weighted by atomic mass is 28.3. The Kier molecular flexibility index (Phi) is 12.8. The number of hydrogen-bond donors (Lipinski definition) is 0. The monoisotopic (exact) mass is 243 g/mol. The van der Waals surface area contributed by atoms with Gasteiger partial charge in [-0.05, 0) is 19.4 Å². The minimum Gasteiger partial charge on any atom is -0.410 e. The lowest BCUT2D eigenvalue weighted by atomic mass is 10.1. The Morgan fingerprint density at radius 1 is 1.06 bits per heavy atom. The average Bonchev–Trinajstić information content (AvgIpc) is 2.28. The van der Waals surface area contributed by atoms with Gasteiger partial charge in [-0.1, -0.05) is 44.4 Å². The van der Waals surface area contributed by atoms with Gasteiger partial charge < -0.3 is 9.16 Å². The summed E-state index contributed by atoms with van der Waals surface area (Å²) in [4.78, 5) is 0. The minimum absolute atomic E-state index is 0.701. The largest absolute Gasteiger partial charge is 0.410 e. The van der Waals surface area contributed by atoms with Crippen LogP contribution in [0.4, 0.5) is 0 Å². The van der Waals surface area contributed by atoms with Crippen LogP contribution in [0.1, 0.15) is 45.4 Å². The van der Waals surface area contributed by atoms with E-state index in [9.17, 15) is 0 Å². The second kappa shape index (κ2) is 12.9. The summed E-state index contributed by atoms with van der Waals surface area (Å²) in [6.07, 6.45) is 10.3. The van der Waals surface area contributed by atoms with E-state index in [0.717, 1.165) is 6.61 Å². The molecule has 0 atom stereocenters. The Morgan fingerprint density at radius 2 is 1.81 bits per heavy atom. The van der Waals surface area contributed by atoms with Crippen LogP contribution in [0.2, 0.25) is 6.55 Å². The molecule has 16 heavy (non-hydrogen) atoms. The van der Waals surface area contributed by atoms with Crippen LogP contribution in [0.3, 0.4) is 0 Å². The predicted molar refractivity (Wildman–Crippen MR) is 72.0 cm³/mol. The molecular formula is C13H27O2Si. The molecule has 3 heteroatoms. The van der Waals surface area contributed by atoms with E-state index < -0.39 is 9.04 Å². The fourth-order valence-corrected chi connectivity index (χ4v) is 2.45. The van der Waals surface area contributed by atoms with Crippen LogP contribution in [-0.4, -0.2) is 29.4 Å². The second-order valence-corrected chi connectivity index (χ2v) is 5.90. The van der Waals surface area contributed by atoms with Gasteiger partial charge in [0.05, 0.1) is 13.2 Å². The summed E-state index contributed by atoms with van der Waals surface area (Å²) in [6, 6.07) is 0. The molecule has 0 aliphatic carbocycles. The zero-order chi connectivity index (χ0) is 12.1. The average molecular weight is 243 g/mol. The Morgan fingerprint density at radius 3 is 2.50 bits per heavy atom. The third kappa shape index (κ3) is 11.9. The smallest absolute Gasteiger partial charge is 0.235 e. The normalized spacial score (nSPS) is 11.8. The third-order valence-electron chi connectivity index (χ3n) is 2.44. The summed E-state index contributed by atoms with van der Waals surface area (Å²) in [6.45, 7) is 5.85. The van der Waals surface area contributed by atoms with Crippen LogP contribution in [0.15, 0.2) is 11.8 Å². The van der Waals surface area contributed by atoms with E-state index in [0.29, 0.717) is 6.61 Å². The Hall–Kier alpha value is -0.123. The molecule has 0 aromatic carbocycles. The van der Waals surface area contributed by atoms with Crippen molar-refractivity contribution in [1.29, 1.82) is 0 Å². The van der Waals surface area contributed by atoms with Crippen LogP contribution >= 0.6 is 0 Å². The number of allylic oxidation sites excluding steroid dienone is 1. The predicted octanol–water partition coefficient (Wildman–Crippen LogP) is 3.73. The van der Waals surface area contributed by atoms with Crippen LogP contribution < -0.4 is 0 Å². The molecule has 1 radical (unpaired) electrons. The van der Waals surface area contributed by atoms with Crippen molar-refractivity contribution in [3.63, 3.8) is 0 Å². The molecule has 0 rings (SSSR count). The minimum atomic E-state index is -0.720. The lowest BCUT2D eigenvalue weighted by Gasteiger charge is -2.05. The van der Waals surface area contributed by atoms with Crippen molar-refractivity contribution in [2.75, 3.05) is 20.3 Å². The van der Waals surface area contributed by atoms with E-state index in [1.165, 1.54) is 38.5 Å². The van der Waals surface area contributed by atoms with Crippen molar-refractivity contribution in [3.05, 3.63) is 11.8 Å². The van der Waals surface area contributed by atoms with Gasteiger partial charge >= 0.3 is 0 Å². The number of rotatable bonds is 11. The van der Waals surface area contributed by atoms with Gasteiger partial charge in [-0.2, -0.15) is 0 Å². The maximum atomic E-state index is 5.62. The quantitative estimate of drug-likeness (QED) is 0.407. The zero-order valence-electron chi connectivity index (χ0n) is 11.1. The van der Waals surface area contributed by atoms with Gasteiger partial charge in [-0.25, -0.2) is 0 Å². The van der Waals surface area contributed by atoms with E-state index in [1.54, 1.807) is 7.11 Å². The van der Waals surface area contributed by atoms with Crippen LogP contribution in [-0.2, 0) is 9.16 Å². The highest BCUT2D eigenvalue weighted by Crippen LogP contribution is 2.05. The lowest BCUT2D eigenvalue weighted by Crippen LogP contribution is -2.14. The summed E-state index contributed by atoms with van der Waals surface area (Å²) < 4.78 is 10.6. The molecule has 0 saturated heterocycles. The van der Waals surface area contributed by atoms with E-state index in [2.05, 4.69) is 25.2 Å². The molecule has 0 unspecified atom stereocenters. The van der Waals surface area contributed by atoms with E-state index in [1.807, 2.05) is 0 Å². The summed E-state index contributed by atoms with van der Waals surface area (Å²) in [5.41, 5.74) is 2.25. The Balaban J connectivity index is 3.24. The van der Waals surface area contributed by atoms with Gasteiger partial charge in [0.2, 0.25) is 9.04 Å². The van der Waals surface area contributed by atoms with Crippen molar-refractivity contribution in [2.45, 2.75) is 52.0 Å². The molecule has 0 amide bonds. The first-order valence-electron chi connectivity index (χ1n) is 6.43. The summed E-state index contributed by atoms with van der Waals surface area (Å²) in [5, 5.41) is 0. The SMILES string of the molecule is CCCCCCC/C=C/[Si](C)OCCOC. The lowest BCUT2D eigenvalue weighted by molar-refractivity contribution is 0.147. The molecule has 0 N–H and O–H groups in total. The number of methoxy groups -OCH3 is 1. The molecule has 0 spiro atoms. The van der Waals surface area contributed by atoms with Gasteiger partial charge in [0.15, 0.2) is 0 Å². The maximum absolute atomic E-state index is 5.62. The number of unbranched alkanes of at least 4 members (excludes halogenated alkanes) is 5. The topological polar surface area (TPSA) is 18.5 Å². The van der Waals surface area contributed by atoms with Crippen LogP contribution in [0.25, 0.3) is 0 Å². The fourth-order valence-electron chi connectivity index (χ4n) is 1.45. The summed E-state index contributed by atoms with van der Waals surface area (Å²) >= 11 is 0. The number of hydrogen-bond acceptors (Lipinski definition) is 2.